The van der Waals surface area contributed by atoms with E-state index in [1.54, 1.807) is 0 Å². The van der Waals surface area contributed by atoms with E-state index in [1.807, 2.05) is 0 Å². The first-order valence-electron chi connectivity index (χ1n) is 7.38. The molecule has 2 aliphatic rings. The van der Waals surface area contributed by atoms with Crippen LogP contribution in [0.4, 0.5) is 5.69 Å². The van der Waals surface area contributed by atoms with Crippen LogP contribution >= 0.6 is 0 Å². The molecule has 1 fully saturated rings. The first kappa shape index (κ1) is 12.0. The number of para-hydroxylation sites is 1. The van der Waals surface area contributed by atoms with Gasteiger partial charge in [-0.15, -0.1) is 0 Å². The fourth-order valence-electron chi connectivity index (χ4n) is 3.67. The van der Waals surface area contributed by atoms with Gasteiger partial charge < -0.3 is 5.32 Å². The molecule has 0 aromatic heterocycles. The lowest BCUT2D eigenvalue weighted by Crippen LogP contribution is -2.37. The predicted molar refractivity (Wildman–Crippen MR) is 77.2 cm³/mol. The molecule has 3 atom stereocenters. The smallest absolute Gasteiger partial charge is 0.0376 e. The zero-order valence-corrected chi connectivity index (χ0v) is 11.5. The Labute approximate surface area is 110 Å². The van der Waals surface area contributed by atoms with Gasteiger partial charge in [-0.3, -0.25) is 4.90 Å². The molecule has 2 nitrogen and oxygen atoms in total. The number of nitrogens with zero attached hydrogens (tertiary/aromatic N) is 1. The van der Waals surface area contributed by atoms with Gasteiger partial charge in [-0.25, -0.2) is 0 Å². The van der Waals surface area contributed by atoms with Crippen LogP contribution in [0.25, 0.3) is 0 Å². The molecule has 0 spiro atoms. The SMILES string of the molecule is CCC1CCC(C)N1CC1CNc2ccccc21. The van der Waals surface area contributed by atoms with Crippen molar-refractivity contribution in [3.63, 3.8) is 0 Å². The van der Waals surface area contributed by atoms with Gasteiger partial charge in [-0.1, -0.05) is 25.1 Å². The number of anilines is 1. The summed E-state index contributed by atoms with van der Waals surface area (Å²) in [7, 11) is 0. The second-order valence-corrected chi connectivity index (χ2v) is 5.85. The lowest BCUT2D eigenvalue weighted by atomic mass is 10.00. The van der Waals surface area contributed by atoms with Crippen LogP contribution in [0.5, 0.6) is 0 Å². The van der Waals surface area contributed by atoms with E-state index < -0.39 is 0 Å². The van der Waals surface area contributed by atoms with Gasteiger partial charge in [-0.05, 0) is 37.8 Å². The standard InChI is InChI=1S/C16H24N2/c1-3-14-9-8-12(2)18(14)11-13-10-17-16-7-5-4-6-15(13)16/h4-7,12-14,17H,3,8-11H2,1-2H3. The third kappa shape index (κ3) is 2.03. The van der Waals surface area contributed by atoms with Crippen LogP contribution in [0.15, 0.2) is 24.3 Å². The fourth-order valence-corrected chi connectivity index (χ4v) is 3.67. The van der Waals surface area contributed by atoms with Crippen molar-refractivity contribution in [3.8, 4) is 0 Å². The zero-order valence-electron chi connectivity index (χ0n) is 11.5. The van der Waals surface area contributed by atoms with Crippen molar-refractivity contribution in [1.29, 1.82) is 0 Å². The van der Waals surface area contributed by atoms with Crippen LogP contribution in [0.1, 0.15) is 44.6 Å². The summed E-state index contributed by atoms with van der Waals surface area (Å²) in [5.74, 6) is 0.677. The summed E-state index contributed by atoms with van der Waals surface area (Å²) in [5, 5.41) is 3.55. The Kier molecular flexibility index (Phi) is 3.29. The Bertz CT molecular complexity index is 415. The molecule has 1 N–H and O–H groups in total. The average molecular weight is 244 g/mol. The lowest BCUT2D eigenvalue weighted by Gasteiger charge is -2.30. The summed E-state index contributed by atoms with van der Waals surface area (Å²) < 4.78 is 0. The highest BCUT2D eigenvalue weighted by molar-refractivity contribution is 5.57. The van der Waals surface area contributed by atoms with Gasteiger partial charge in [0.2, 0.25) is 0 Å². The molecule has 18 heavy (non-hydrogen) atoms. The molecule has 3 unspecified atom stereocenters. The van der Waals surface area contributed by atoms with Gasteiger partial charge in [0.1, 0.15) is 0 Å². The highest BCUT2D eigenvalue weighted by atomic mass is 15.2. The van der Waals surface area contributed by atoms with E-state index >= 15 is 0 Å². The quantitative estimate of drug-likeness (QED) is 0.876. The molecule has 0 aliphatic carbocycles. The molecule has 1 aromatic rings. The van der Waals surface area contributed by atoms with Gasteiger partial charge in [0.05, 0.1) is 0 Å². The van der Waals surface area contributed by atoms with Crippen molar-refractivity contribution in [2.75, 3.05) is 18.4 Å². The summed E-state index contributed by atoms with van der Waals surface area (Å²) >= 11 is 0. The first-order valence-corrected chi connectivity index (χ1v) is 7.38. The van der Waals surface area contributed by atoms with E-state index in [0.717, 1.165) is 18.6 Å². The van der Waals surface area contributed by atoms with Gasteiger partial charge in [0.25, 0.3) is 0 Å². The van der Waals surface area contributed by atoms with Crippen molar-refractivity contribution in [2.45, 2.75) is 51.1 Å². The van der Waals surface area contributed by atoms with Crippen LogP contribution in [0.3, 0.4) is 0 Å². The van der Waals surface area contributed by atoms with E-state index in [0.29, 0.717) is 5.92 Å². The third-order valence-electron chi connectivity index (χ3n) is 4.79. The van der Waals surface area contributed by atoms with E-state index in [1.165, 1.54) is 37.1 Å². The van der Waals surface area contributed by atoms with Crippen LogP contribution in [-0.2, 0) is 0 Å². The first-order chi connectivity index (χ1) is 8.79. The second-order valence-electron chi connectivity index (χ2n) is 5.85. The van der Waals surface area contributed by atoms with E-state index in [9.17, 15) is 0 Å². The van der Waals surface area contributed by atoms with Crippen molar-refractivity contribution >= 4 is 5.69 Å². The van der Waals surface area contributed by atoms with Crippen LogP contribution < -0.4 is 5.32 Å². The number of benzene rings is 1. The Morgan fingerprint density at radius 1 is 1.28 bits per heavy atom. The van der Waals surface area contributed by atoms with Crippen molar-refractivity contribution < 1.29 is 0 Å². The van der Waals surface area contributed by atoms with Crippen LogP contribution in [0.2, 0.25) is 0 Å². The zero-order chi connectivity index (χ0) is 12.5. The Hall–Kier alpha value is -1.02. The Balaban J connectivity index is 1.74. The summed E-state index contributed by atoms with van der Waals surface area (Å²) in [6, 6.07) is 10.4. The maximum atomic E-state index is 3.55. The minimum absolute atomic E-state index is 0.677. The number of likely N-dealkylation sites (tertiary alicyclic amines) is 1. The fraction of sp³-hybridized carbons (Fsp3) is 0.625. The molecule has 2 heteroatoms. The third-order valence-corrected chi connectivity index (χ3v) is 4.79. The molecule has 2 aliphatic heterocycles. The molecule has 0 radical (unpaired) electrons. The van der Waals surface area contributed by atoms with E-state index in [-0.39, 0.29) is 0 Å². The average Bonchev–Trinajstić information content (AvgIpc) is 2.96. The molecule has 3 rings (SSSR count). The van der Waals surface area contributed by atoms with Crippen molar-refractivity contribution in [3.05, 3.63) is 29.8 Å². The highest BCUT2D eigenvalue weighted by Crippen LogP contribution is 2.35. The molecule has 0 amide bonds. The lowest BCUT2D eigenvalue weighted by molar-refractivity contribution is 0.189. The maximum absolute atomic E-state index is 3.55. The molecular formula is C16H24N2. The number of nitrogens with one attached hydrogen (secondary N) is 1. The number of hydrogen-bond donors (Lipinski definition) is 1. The molecule has 1 aromatic carbocycles. The minimum Gasteiger partial charge on any atom is -0.384 e. The summed E-state index contributed by atoms with van der Waals surface area (Å²) in [6.07, 6.45) is 4.06. The Morgan fingerprint density at radius 2 is 2.11 bits per heavy atom. The number of hydrogen-bond acceptors (Lipinski definition) is 2. The molecule has 0 saturated carbocycles. The summed E-state index contributed by atoms with van der Waals surface area (Å²) in [5.41, 5.74) is 2.87. The van der Waals surface area contributed by atoms with Crippen LogP contribution in [0, 0.1) is 0 Å². The normalized spacial score (nSPS) is 31.3. The number of rotatable bonds is 3. The second kappa shape index (κ2) is 4.93. The van der Waals surface area contributed by atoms with Gasteiger partial charge >= 0.3 is 0 Å². The van der Waals surface area contributed by atoms with E-state index in [2.05, 4.69) is 48.3 Å². The molecular weight excluding hydrogens is 220 g/mol. The Morgan fingerprint density at radius 3 is 2.94 bits per heavy atom. The van der Waals surface area contributed by atoms with Crippen molar-refractivity contribution in [1.82, 2.24) is 4.90 Å². The van der Waals surface area contributed by atoms with E-state index in [4.69, 9.17) is 0 Å². The molecule has 2 heterocycles. The highest BCUT2D eigenvalue weighted by Gasteiger charge is 2.33. The van der Waals surface area contributed by atoms with Gasteiger partial charge in [0.15, 0.2) is 0 Å². The van der Waals surface area contributed by atoms with Gasteiger partial charge in [0, 0.05) is 36.8 Å². The maximum Gasteiger partial charge on any atom is 0.0376 e. The predicted octanol–water partition coefficient (Wildman–Crippen LogP) is 3.46. The van der Waals surface area contributed by atoms with Crippen molar-refractivity contribution in [2.24, 2.45) is 0 Å². The molecule has 1 saturated heterocycles. The minimum atomic E-state index is 0.677. The number of fused-ring (bicyclic) bond motifs is 1. The monoisotopic (exact) mass is 244 g/mol. The van der Waals surface area contributed by atoms with Gasteiger partial charge in [-0.2, -0.15) is 0 Å². The summed E-state index contributed by atoms with van der Waals surface area (Å²) in [4.78, 5) is 2.74. The topological polar surface area (TPSA) is 15.3 Å². The largest absolute Gasteiger partial charge is 0.384 e. The molecule has 98 valence electrons. The summed E-state index contributed by atoms with van der Waals surface area (Å²) in [6.45, 7) is 7.06. The van der Waals surface area contributed by atoms with Crippen LogP contribution in [-0.4, -0.2) is 30.1 Å². The molecule has 0 bridgehead atoms.